The first-order valence-electron chi connectivity index (χ1n) is 6.00. The van der Waals surface area contributed by atoms with Gasteiger partial charge >= 0.3 is 0 Å². The van der Waals surface area contributed by atoms with E-state index in [0.717, 1.165) is 11.4 Å². The van der Waals surface area contributed by atoms with Gasteiger partial charge in [0.1, 0.15) is 10.8 Å². The lowest BCUT2D eigenvalue weighted by Crippen LogP contribution is -2.34. The fourth-order valence-corrected chi connectivity index (χ4v) is 2.57. The molecule has 0 unspecified atom stereocenters. The molecule has 2 rings (SSSR count). The first kappa shape index (κ1) is 14.4. The fourth-order valence-electron chi connectivity index (χ4n) is 1.53. The summed E-state index contributed by atoms with van der Waals surface area (Å²) in [4.78, 5) is 5.34. The molecule has 0 amide bonds. The maximum absolute atomic E-state index is 13.7. The van der Waals surface area contributed by atoms with Gasteiger partial charge in [0, 0.05) is 33.7 Å². The Hall–Kier alpha value is -0.970. The first-order valence-corrected chi connectivity index (χ1v) is 7.20. The summed E-state index contributed by atoms with van der Waals surface area (Å²) < 4.78 is 13.7. The van der Waals surface area contributed by atoms with Crippen molar-refractivity contribution in [2.24, 2.45) is 0 Å². The van der Waals surface area contributed by atoms with Crippen molar-refractivity contribution < 1.29 is 4.39 Å². The Kier molecular flexibility index (Phi) is 4.23. The van der Waals surface area contributed by atoms with Crippen molar-refractivity contribution in [2.45, 2.75) is 32.9 Å². The van der Waals surface area contributed by atoms with Crippen LogP contribution in [0.3, 0.4) is 0 Å². The van der Waals surface area contributed by atoms with E-state index in [1.807, 2.05) is 0 Å². The molecule has 1 aromatic heterocycles. The average Bonchev–Trinajstić information content (AvgIpc) is 2.77. The molecule has 0 fully saturated rings. The van der Waals surface area contributed by atoms with Gasteiger partial charge in [-0.1, -0.05) is 11.6 Å². The molecule has 0 saturated carbocycles. The van der Waals surface area contributed by atoms with E-state index in [1.165, 1.54) is 23.5 Å². The monoisotopic (exact) mass is 298 g/mol. The standard InChI is InChI=1S/C14H16ClFN2S/c1-14(2,3)18-8-10-7-17-13(19-10)11-6-9(15)4-5-12(11)16/h4-7,18H,8H2,1-3H3. The second-order valence-electron chi connectivity index (χ2n) is 5.36. The molecular formula is C14H16ClFN2S. The zero-order valence-electron chi connectivity index (χ0n) is 11.1. The Morgan fingerprint density at radius 3 is 2.79 bits per heavy atom. The van der Waals surface area contributed by atoms with Gasteiger partial charge in [-0.2, -0.15) is 0 Å². The van der Waals surface area contributed by atoms with Gasteiger partial charge in [0.2, 0.25) is 0 Å². The summed E-state index contributed by atoms with van der Waals surface area (Å²) in [5, 5.41) is 4.55. The minimum atomic E-state index is -0.297. The van der Waals surface area contributed by atoms with E-state index in [-0.39, 0.29) is 11.4 Å². The highest BCUT2D eigenvalue weighted by atomic mass is 35.5. The molecule has 0 bridgehead atoms. The number of nitrogens with one attached hydrogen (secondary N) is 1. The van der Waals surface area contributed by atoms with Crippen LogP contribution in [0.1, 0.15) is 25.6 Å². The number of nitrogens with zero attached hydrogens (tertiary/aromatic N) is 1. The molecule has 1 N–H and O–H groups in total. The van der Waals surface area contributed by atoms with Gasteiger partial charge in [-0.05, 0) is 39.0 Å². The lowest BCUT2D eigenvalue weighted by atomic mass is 10.1. The van der Waals surface area contributed by atoms with Gasteiger partial charge in [0.15, 0.2) is 0 Å². The van der Waals surface area contributed by atoms with Crippen LogP contribution in [0.2, 0.25) is 5.02 Å². The summed E-state index contributed by atoms with van der Waals surface area (Å²) in [7, 11) is 0. The van der Waals surface area contributed by atoms with Crippen molar-refractivity contribution in [1.29, 1.82) is 0 Å². The number of rotatable bonds is 3. The summed E-state index contributed by atoms with van der Waals surface area (Å²) in [5.41, 5.74) is 0.505. The minimum Gasteiger partial charge on any atom is -0.307 e. The molecule has 1 heterocycles. The summed E-state index contributed by atoms with van der Waals surface area (Å²) >= 11 is 7.37. The van der Waals surface area contributed by atoms with E-state index in [2.05, 4.69) is 31.1 Å². The third kappa shape index (κ3) is 4.00. The van der Waals surface area contributed by atoms with Gasteiger partial charge in [0.05, 0.1) is 0 Å². The maximum atomic E-state index is 13.7. The van der Waals surface area contributed by atoms with Crippen LogP contribution in [0.15, 0.2) is 24.4 Å². The Bertz CT molecular complexity index is 575. The molecule has 19 heavy (non-hydrogen) atoms. The van der Waals surface area contributed by atoms with Crippen LogP contribution in [0.4, 0.5) is 4.39 Å². The summed E-state index contributed by atoms with van der Waals surface area (Å²) in [6.07, 6.45) is 1.78. The third-order valence-corrected chi connectivity index (χ3v) is 3.77. The molecule has 1 aromatic carbocycles. The molecule has 0 aliphatic rings. The molecule has 0 aliphatic carbocycles. The quantitative estimate of drug-likeness (QED) is 0.903. The summed E-state index contributed by atoms with van der Waals surface area (Å²) in [5.74, 6) is -0.297. The predicted octanol–water partition coefficient (Wildman–Crippen LogP) is 4.49. The van der Waals surface area contributed by atoms with Crippen LogP contribution < -0.4 is 5.32 Å². The first-order chi connectivity index (χ1) is 8.85. The highest BCUT2D eigenvalue weighted by Crippen LogP contribution is 2.29. The van der Waals surface area contributed by atoms with E-state index < -0.39 is 0 Å². The van der Waals surface area contributed by atoms with Crippen molar-refractivity contribution in [3.05, 3.63) is 40.1 Å². The number of benzene rings is 1. The van der Waals surface area contributed by atoms with Crippen LogP contribution in [0, 0.1) is 5.82 Å². The van der Waals surface area contributed by atoms with Gasteiger partial charge in [-0.15, -0.1) is 11.3 Å². The van der Waals surface area contributed by atoms with Gasteiger partial charge in [-0.25, -0.2) is 9.37 Å². The molecule has 0 atom stereocenters. The van der Waals surface area contributed by atoms with Crippen molar-refractivity contribution in [1.82, 2.24) is 10.3 Å². The zero-order valence-corrected chi connectivity index (χ0v) is 12.7. The van der Waals surface area contributed by atoms with Crippen molar-refractivity contribution in [2.75, 3.05) is 0 Å². The second kappa shape index (κ2) is 5.57. The SMILES string of the molecule is CC(C)(C)NCc1cnc(-c2cc(Cl)ccc2F)s1. The number of halogens is 2. The van der Waals surface area contributed by atoms with E-state index in [9.17, 15) is 4.39 Å². The Labute approximate surface area is 121 Å². The Morgan fingerprint density at radius 1 is 1.37 bits per heavy atom. The molecule has 102 valence electrons. The average molecular weight is 299 g/mol. The van der Waals surface area contributed by atoms with E-state index in [4.69, 9.17) is 11.6 Å². The molecule has 2 nitrogen and oxygen atoms in total. The lowest BCUT2D eigenvalue weighted by molar-refractivity contribution is 0.426. The zero-order chi connectivity index (χ0) is 14.0. The van der Waals surface area contributed by atoms with Gasteiger partial charge in [0.25, 0.3) is 0 Å². The normalized spacial score (nSPS) is 11.8. The van der Waals surface area contributed by atoms with Gasteiger partial charge in [-0.3, -0.25) is 0 Å². The number of hydrogen-bond donors (Lipinski definition) is 1. The van der Waals surface area contributed by atoms with E-state index in [1.54, 1.807) is 12.3 Å². The minimum absolute atomic E-state index is 0.0471. The second-order valence-corrected chi connectivity index (χ2v) is 6.91. The molecular weight excluding hydrogens is 283 g/mol. The van der Waals surface area contributed by atoms with Crippen LogP contribution in [0.25, 0.3) is 10.6 Å². The largest absolute Gasteiger partial charge is 0.307 e. The van der Waals surface area contributed by atoms with Crippen molar-refractivity contribution in [3.63, 3.8) is 0 Å². The third-order valence-electron chi connectivity index (χ3n) is 2.51. The summed E-state index contributed by atoms with van der Waals surface area (Å²) in [6, 6.07) is 4.51. The topological polar surface area (TPSA) is 24.9 Å². The van der Waals surface area contributed by atoms with Crippen molar-refractivity contribution in [3.8, 4) is 10.6 Å². The van der Waals surface area contributed by atoms with Crippen LogP contribution >= 0.6 is 22.9 Å². The van der Waals surface area contributed by atoms with Crippen molar-refractivity contribution >= 4 is 22.9 Å². The van der Waals surface area contributed by atoms with Crippen LogP contribution in [-0.2, 0) is 6.54 Å². The maximum Gasteiger partial charge on any atom is 0.133 e. The number of hydrogen-bond acceptors (Lipinski definition) is 3. The number of aromatic nitrogens is 1. The smallest absolute Gasteiger partial charge is 0.133 e. The van der Waals surface area contributed by atoms with Crippen LogP contribution in [-0.4, -0.2) is 10.5 Å². The summed E-state index contributed by atoms with van der Waals surface area (Å²) in [6.45, 7) is 7.03. The molecule has 0 saturated heterocycles. The Morgan fingerprint density at radius 2 is 2.11 bits per heavy atom. The lowest BCUT2D eigenvalue weighted by Gasteiger charge is -2.19. The molecule has 5 heteroatoms. The molecule has 0 radical (unpaired) electrons. The van der Waals surface area contributed by atoms with Gasteiger partial charge < -0.3 is 5.32 Å². The Balaban J connectivity index is 2.19. The molecule has 0 aliphatic heterocycles. The predicted molar refractivity (Wildman–Crippen MR) is 79.1 cm³/mol. The molecule has 0 spiro atoms. The highest BCUT2D eigenvalue weighted by molar-refractivity contribution is 7.15. The van der Waals surface area contributed by atoms with E-state index >= 15 is 0 Å². The number of thiazole rings is 1. The fraction of sp³-hybridized carbons (Fsp3) is 0.357. The highest BCUT2D eigenvalue weighted by Gasteiger charge is 2.13. The molecule has 2 aromatic rings. The van der Waals surface area contributed by atoms with Crippen LogP contribution in [0.5, 0.6) is 0 Å². The van der Waals surface area contributed by atoms with E-state index in [0.29, 0.717) is 15.6 Å².